The van der Waals surface area contributed by atoms with Gasteiger partial charge in [-0.2, -0.15) is 0 Å². The van der Waals surface area contributed by atoms with Gasteiger partial charge in [-0.05, 0) is 38.6 Å². The topological polar surface area (TPSA) is 41.1 Å². The van der Waals surface area contributed by atoms with Crippen molar-refractivity contribution in [2.75, 3.05) is 12.4 Å². The fourth-order valence-corrected chi connectivity index (χ4v) is 1.54. The van der Waals surface area contributed by atoms with E-state index in [1.807, 2.05) is 6.92 Å². The maximum absolute atomic E-state index is 11.6. The first-order valence-electron chi connectivity index (χ1n) is 4.89. The van der Waals surface area contributed by atoms with Crippen LogP contribution in [0.15, 0.2) is 12.1 Å². The van der Waals surface area contributed by atoms with Gasteiger partial charge in [-0.3, -0.25) is 4.79 Å². The van der Waals surface area contributed by atoms with Crippen molar-refractivity contribution < 1.29 is 4.79 Å². The van der Waals surface area contributed by atoms with E-state index in [-0.39, 0.29) is 11.9 Å². The molecule has 0 saturated carbocycles. The molecule has 2 N–H and O–H groups in total. The van der Waals surface area contributed by atoms with Crippen LogP contribution in [0.1, 0.15) is 12.5 Å². The van der Waals surface area contributed by atoms with Gasteiger partial charge in [0, 0.05) is 5.02 Å². The smallest absolute Gasteiger partial charge is 0.241 e. The Balaban J connectivity index is 2.90. The number of hydrogen-bond acceptors (Lipinski definition) is 2. The largest absolute Gasteiger partial charge is 0.323 e. The molecule has 1 unspecified atom stereocenters. The van der Waals surface area contributed by atoms with Crippen molar-refractivity contribution in [3.05, 3.63) is 27.7 Å². The number of likely N-dealkylation sites (N-methyl/N-ethyl adjacent to an activating group) is 1. The predicted octanol–water partition coefficient (Wildman–Crippen LogP) is 2.85. The first-order chi connectivity index (χ1) is 7.45. The van der Waals surface area contributed by atoms with Gasteiger partial charge in [-0.1, -0.05) is 23.2 Å². The second kappa shape index (κ2) is 5.53. The molecule has 3 nitrogen and oxygen atoms in total. The second-order valence-electron chi connectivity index (χ2n) is 3.58. The van der Waals surface area contributed by atoms with Crippen LogP contribution in [0.4, 0.5) is 5.69 Å². The summed E-state index contributed by atoms with van der Waals surface area (Å²) >= 11 is 12.0. The van der Waals surface area contributed by atoms with E-state index >= 15 is 0 Å². The molecule has 16 heavy (non-hydrogen) atoms. The molecule has 1 aromatic carbocycles. The summed E-state index contributed by atoms with van der Waals surface area (Å²) in [6.07, 6.45) is 0. The van der Waals surface area contributed by atoms with Gasteiger partial charge in [-0.25, -0.2) is 0 Å². The highest BCUT2D eigenvalue weighted by molar-refractivity contribution is 6.36. The maximum Gasteiger partial charge on any atom is 0.241 e. The minimum absolute atomic E-state index is 0.149. The number of hydrogen-bond donors (Lipinski definition) is 2. The van der Waals surface area contributed by atoms with E-state index in [2.05, 4.69) is 10.6 Å². The number of carbonyl (C=O) groups excluding carboxylic acids is 1. The molecule has 0 saturated heterocycles. The van der Waals surface area contributed by atoms with E-state index in [9.17, 15) is 4.79 Å². The Kier molecular flexibility index (Phi) is 4.59. The van der Waals surface area contributed by atoms with E-state index in [0.717, 1.165) is 5.56 Å². The molecule has 1 aromatic rings. The van der Waals surface area contributed by atoms with Crippen LogP contribution in [0.5, 0.6) is 0 Å². The Morgan fingerprint density at radius 3 is 2.50 bits per heavy atom. The Labute approximate surface area is 105 Å². The summed E-state index contributed by atoms with van der Waals surface area (Å²) < 4.78 is 0. The Hall–Kier alpha value is -0.770. The summed E-state index contributed by atoms with van der Waals surface area (Å²) in [6, 6.07) is 3.10. The van der Waals surface area contributed by atoms with E-state index in [4.69, 9.17) is 23.2 Å². The molecule has 1 atom stereocenters. The monoisotopic (exact) mass is 260 g/mol. The van der Waals surface area contributed by atoms with Crippen molar-refractivity contribution in [1.29, 1.82) is 0 Å². The van der Waals surface area contributed by atoms with Gasteiger partial charge in [0.15, 0.2) is 0 Å². The lowest BCUT2D eigenvalue weighted by Gasteiger charge is -2.13. The number of carbonyl (C=O) groups is 1. The molecule has 0 fully saturated rings. The number of amides is 1. The molecular formula is C11H14Cl2N2O. The van der Waals surface area contributed by atoms with Gasteiger partial charge >= 0.3 is 0 Å². The Bertz CT molecular complexity index is 407. The Morgan fingerprint density at radius 1 is 1.31 bits per heavy atom. The molecule has 0 aliphatic rings. The van der Waals surface area contributed by atoms with Crippen molar-refractivity contribution in [2.45, 2.75) is 19.9 Å². The molecular weight excluding hydrogens is 247 g/mol. The number of anilines is 1. The van der Waals surface area contributed by atoms with E-state index in [1.54, 1.807) is 26.1 Å². The first-order valence-corrected chi connectivity index (χ1v) is 5.65. The van der Waals surface area contributed by atoms with Gasteiger partial charge in [0.1, 0.15) is 0 Å². The lowest BCUT2D eigenvalue weighted by atomic mass is 10.2. The summed E-state index contributed by atoms with van der Waals surface area (Å²) in [5, 5.41) is 6.62. The zero-order chi connectivity index (χ0) is 12.3. The number of halogens is 2. The molecule has 1 rings (SSSR count). The first kappa shape index (κ1) is 13.3. The van der Waals surface area contributed by atoms with Gasteiger partial charge in [0.2, 0.25) is 5.91 Å². The van der Waals surface area contributed by atoms with E-state index < -0.39 is 0 Å². The number of aryl methyl sites for hydroxylation is 1. The Morgan fingerprint density at radius 2 is 1.94 bits per heavy atom. The van der Waals surface area contributed by atoms with Crippen LogP contribution in [0.3, 0.4) is 0 Å². The zero-order valence-electron chi connectivity index (χ0n) is 9.40. The third-order valence-electron chi connectivity index (χ3n) is 2.33. The normalized spacial score (nSPS) is 12.3. The van der Waals surface area contributed by atoms with Crippen LogP contribution in [0, 0.1) is 6.92 Å². The predicted molar refractivity (Wildman–Crippen MR) is 68.4 cm³/mol. The summed E-state index contributed by atoms with van der Waals surface area (Å²) in [5.41, 5.74) is 1.41. The van der Waals surface area contributed by atoms with Crippen molar-refractivity contribution in [3.8, 4) is 0 Å². The SMILES string of the molecule is CNC(C)C(=O)Nc1cc(Cl)c(C)cc1Cl. The van der Waals surface area contributed by atoms with Crippen LogP contribution in [0.2, 0.25) is 10.0 Å². The van der Waals surface area contributed by atoms with E-state index in [0.29, 0.717) is 15.7 Å². The van der Waals surface area contributed by atoms with Crippen LogP contribution in [-0.4, -0.2) is 19.0 Å². The van der Waals surface area contributed by atoms with Crippen LogP contribution in [-0.2, 0) is 4.79 Å². The highest BCUT2D eigenvalue weighted by Gasteiger charge is 2.13. The van der Waals surface area contributed by atoms with Crippen molar-refractivity contribution in [3.63, 3.8) is 0 Å². The molecule has 0 aromatic heterocycles. The lowest BCUT2D eigenvalue weighted by molar-refractivity contribution is -0.117. The third kappa shape index (κ3) is 3.11. The highest BCUT2D eigenvalue weighted by atomic mass is 35.5. The van der Waals surface area contributed by atoms with Gasteiger partial charge in [0.25, 0.3) is 0 Å². The molecule has 88 valence electrons. The average Bonchev–Trinajstić information content (AvgIpc) is 2.24. The van der Waals surface area contributed by atoms with Crippen LogP contribution in [0.25, 0.3) is 0 Å². The van der Waals surface area contributed by atoms with Crippen molar-refractivity contribution >= 4 is 34.8 Å². The number of rotatable bonds is 3. The standard InChI is InChI=1S/C11H14Cl2N2O/c1-6-4-9(13)10(5-8(6)12)15-11(16)7(2)14-3/h4-5,7,14H,1-3H3,(H,15,16). The summed E-state index contributed by atoms with van der Waals surface area (Å²) in [5.74, 6) is -0.149. The quantitative estimate of drug-likeness (QED) is 0.878. The zero-order valence-corrected chi connectivity index (χ0v) is 10.9. The van der Waals surface area contributed by atoms with Crippen LogP contribution >= 0.6 is 23.2 Å². The summed E-state index contributed by atoms with van der Waals surface area (Å²) in [7, 11) is 1.72. The minimum atomic E-state index is -0.281. The molecule has 0 bridgehead atoms. The summed E-state index contributed by atoms with van der Waals surface area (Å²) in [6.45, 7) is 3.62. The fraction of sp³-hybridized carbons (Fsp3) is 0.364. The van der Waals surface area contributed by atoms with Crippen LogP contribution < -0.4 is 10.6 Å². The molecule has 1 amide bonds. The molecule has 0 aliphatic carbocycles. The highest BCUT2D eigenvalue weighted by Crippen LogP contribution is 2.28. The molecule has 0 radical (unpaired) electrons. The minimum Gasteiger partial charge on any atom is -0.323 e. The molecule has 0 spiro atoms. The summed E-state index contributed by atoms with van der Waals surface area (Å²) in [4.78, 5) is 11.6. The van der Waals surface area contributed by atoms with Crippen molar-refractivity contribution in [2.24, 2.45) is 0 Å². The lowest BCUT2D eigenvalue weighted by Crippen LogP contribution is -2.35. The van der Waals surface area contributed by atoms with Gasteiger partial charge in [0.05, 0.1) is 16.8 Å². The van der Waals surface area contributed by atoms with E-state index in [1.165, 1.54) is 0 Å². The number of nitrogens with one attached hydrogen (secondary N) is 2. The maximum atomic E-state index is 11.6. The number of benzene rings is 1. The molecule has 0 aliphatic heterocycles. The van der Waals surface area contributed by atoms with Gasteiger partial charge < -0.3 is 10.6 Å². The molecule has 5 heteroatoms. The average molecular weight is 261 g/mol. The van der Waals surface area contributed by atoms with Crippen molar-refractivity contribution in [1.82, 2.24) is 5.32 Å². The van der Waals surface area contributed by atoms with Gasteiger partial charge in [-0.15, -0.1) is 0 Å². The second-order valence-corrected chi connectivity index (χ2v) is 4.40. The molecule has 0 heterocycles. The third-order valence-corrected chi connectivity index (χ3v) is 3.05. The fourth-order valence-electron chi connectivity index (χ4n) is 1.11.